The molecule has 5 nitrogen and oxygen atoms in total. The lowest BCUT2D eigenvalue weighted by molar-refractivity contribution is -0.129. The molecule has 1 aliphatic heterocycles. The van der Waals surface area contributed by atoms with Gasteiger partial charge in [0.1, 0.15) is 11.6 Å². The van der Waals surface area contributed by atoms with E-state index in [1.54, 1.807) is 16.8 Å². The quantitative estimate of drug-likeness (QED) is 0.871. The summed E-state index contributed by atoms with van der Waals surface area (Å²) >= 11 is 0. The van der Waals surface area contributed by atoms with E-state index in [-0.39, 0.29) is 17.8 Å². The Morgan fingerprint density at radius 2 is 2.00 bits per heavy atom. The molecule has 0 saturated carbocycles. The highest BCUT2D eigenvalue weighted by atomic mass is 19.1. The van der Waals surface area contributed by atoms with Gasteiger partial charge in [-0.1, -0.05) is 0 Å². The maximum Gasteiger partial charge on any atom is 0.223 e. The summed E-state index contributed by atoms with van der Waals surface area (Å²) < 4.78 is 14.8. The summed E-state index contributed by atoms with van der Waals surface area (Å²) in [5.74, 6) is 1.19. The summed E-state index contributed by atoms with van der Waals surface area (Å²) in [5.41, 5.74) is 0.741. The van der Waals surface area contributed by atoms with E-state index >= 15 is 0 Å². The molecule has 21 heavy (non-hydrogen) atoms. The van der Waals surface area contributed by atoms with Crippen molar-refractivity contribution in [1.82, 2.24) is 19.7 Å². The second kappa shape index (κ2) is 5.27. The fourth-order valence-electron chi connectivity index (χ4n) is 2.69. The van der Waals surface area contributed by atoms with Crippen molar-refractivity contribution in [2.24, 2.45) is 0 Å². The second-order valence-electron chi connectivity index (χ2n) is 5.27. The minimum Gasteiger partial charge on any atom is -0.333 e. The predicted molar refractivity (Wildman–Crippen MR) is 75.4 cm³/mol. The largest absolute Gasteiger partial charge is 0.333 e. The van der Waals surface area contributed by atoms with Gasteiger partial charge in [-0.25, -0.2) is 14.1 Å². The first-order valence-corrected chi connectivity index (χ1v) is 7.05. The van der Waals surface area contributed by atoms with Crippen LogP contribution in [0, 0.1) is 12.7 Å². The number of aryl methyl sites for hydroxylation is 1. The second-order valence-corrected chi connectivity index (χ2v) is 5.27. The minimum atomic E-state index is -0.292. The van der Waals surface area contributed by atoms with E-state index in [0.29, 0.717) is 18.1 Å². The summed E-state index contributed by atoms with van der Waals surface area (Å²) in [6, 6.07) is 5.95. The van der Waals surface area contributed by atoms with Gasteiger partial charge in [0, 0.05) is 13.0 Å². The molecule has 6 heteroatoms. The predicted octanol–water partition coefficient (Wildman–Crippen LogP) is 2.40. The van der Waals surface area contributed by atoms with E-state index < -0.39 is 0 Å². The van der Waals surface area contributed by atoms with Crippen LogP contribution in [0.1, 0.15) is 37.5 Å². The third-order valence-electron chi connectivity index (χ3n) is 3.76. The Morgan fingerprint density at radius 3 is 2.62 bits per heavy atom. The van der Waals surface area contributed by atoms with Gasteiger partial charge < -0.3 is 4.90 Å². The zero-order chi connectivity index (χ0) is 15.0. The standard InChI is InChI=1S/C15H17FN4O/c1-10(19-9-3-4-14(19)21)15-17-11(2)18-20(15)13-7-5-12(16)6-8-13/h5-8,10H,3-4,9H2,1-2H3/t10-/m0/s1. The molecule has 0 bridgehead atoms. The van der Waals surface area contributed by atoms with Gasteiger partial charge in [-0.2, -0.15) is 5.10 Å². The molecular weight excluding hydrogens is 271 g/mol. The molecule has 3 rings (SSSR count). The third-order valence-corrected chi connectivity index (χ3v) is 3.76. The monoisotopic (exact) mass is 288 g/mol. The Morgan fingerprint density at radius 1 is 1.29 bits per heavy atom. The molecule has 1 aliphatic rings. The van der Waals surface area contributed by atoms with Gasteiger partial charge >= 0.3 is 0 Å². The smallest absolute Gasteiger partial charge is 0.223 e. The topological polar surface area (TPSA) is 51.0 Å². The summed E-state index contributed by atoms with van der Waals surface area (Å²) in [7, 11) is 0. The summed E-state index contributed by atoms with van der Waals surface area (Å²) in [6.07, 6.45) is 1.47. The lowest BCUT2D eigenvalue weighted by atomic mass is 10.2. The van der Waals surface area contributed by atoms with Crippen molar-refractivity contribution in [3.8, 4) is 5.69 Å². The van der Waals surface area contributed by atoms with Crippen molar-refractivity contribution in [3.63, 3.8) is 0 Å². The average Bonchev–Trinajstić information content (AvgIpc) is 3.05. The fraction of sp³-hybridized carbons (Fsp3) is 0.400. The Hall–Kier alpha value is -2.24. The van der Waals surface area contributed by atoms with Crippen molar-refractivity contribution in [1.29, 1.82) is 0 Å². The molecule has 110 valence electrons. The highest BCUT2D eigenvalue weighted by molar-refractivity contribution is 5.78. The van der Waals surface area contributed by atoms with Crippen molar-refractivity contribution in [2.75, 3.05) is 6.54 Å². The number of hydrogen-bond acceptors (Lipinski definition) is 3. The highest BCUT2D eigenvalue weighted by Crippen LogP contribution is 2.26. The minimum absolute atomic E-state index is 0.147. The number of carbonyl (C=O) groups excluding carboxylic acids is 1. The number of halogens is 1. The summed E-state index contributed by atoms with van der Waals surface area (Å²) in [6.45, 7) is 4.50. The van der Waals surface area contributed by atoms with Crippen LogP contribution in [0.25, 0.3) is 5.69 Å². The first-order chi connectivity index (χ1) is 10.1. The van der Waals surface area contributed by atoms with Crippen LogP contribution in [0.4, 0.5) is 4.39 Å². The van der Waals surface area contributed by atoms with Gasteiger partial charge in [-0.05, 0) is 44.5 Å². The van der Waals surface area contributed by atoms with E-state index in [9.17, 15) is 9.18 Å². The van der Waals surface area contributed by atoms with Crippen LogP contribution in [-0.4, -0.2) is 32.1 Å². The van der Waals surface area contributed by atoms with Crippen LogP contribution in [0.15, 0.2) is 24.3 Å². The van der Waals surface area contributed by atoms with Gasteiger partial charge in [0.05, 0.1) is 11.7 Å². The molecule has 2 heterocycles. The summed E-state index contributed by atoms with van der Waals surface area (Å²) in [4.78, 5) is 18.2. The molecule has 0 spiro atoms. The van der Waals surface area contributed by atoms with E-state index in [1.807, 2.05) is 18.7 Å². The SMILES string of the molecule is Cc1nc([C@H](C)N2CCCC2=O)n(-c2ccc(F)cc2)n1. The number of nitrogens with zero attached hydrogens (tertiary/aromatic N) is 4. The van der Waals surface area contributed by atoms with Crippen molar-refractivity contribution in [2.45, 2.75) is 32.7 Å². The Balaban J connectivity index is 1.99. The molecule has 1 saturated heterocycles. The van der Waals surface area contributed by atoms with Gasteiger partial charge in [-0.3, -0.25) is 4.79 Å². The van der Waals surface area contributed by atoms with Gasteiger partial charge in [0.25, 0.3) is 0 Å². The number of rotatable bonds is 3. The van der Waals surface area contributed by atoms with Crippen LogP contribution in [0.2, 0.25) is 0 Å². The summed E-state index contributed by atoms with van der Waals surface area (Å²) in [5, 5.41) is 4.37. The molecule has 1 aromatic heterocycles. The van der Waals surface area contributed by atoms with E-state index in [0.717, 1.165) is 18.7 Å². The van der Waals surface area contributed by atoms with Crippen LogP contribution in [-0.2, 0) is 4.79 Å². The number of likely N-dealkylation sites (tertiary alicyclic amines) is 1. The number of carbonyl (C=O) groups is 1. The Labute approximate surface area is 122 Å². The molecular formula is C15H17FN4O. The van der Waals surface area contributed by atoms with Gasteiger partial charge in [-0.15, -0.1) is 0 Å². The highest BCUT2D eigenvalue weighted by Gasteiger charge is 2.29. The van der Waals surface area contributed by atoms with E-state index in [4.69, 9.17) is 0 Å². The zero-order valence-electron chi connectivity index (χ0n) is 12.1. The normalized spacial score (nSPS) is 16.5. The van der Waals surface area contributed by atoms with Crippen LogP contribution in [0.5, 0.6) is 0 Å². The molecule has 1 amide bonds. The van der Waals surface area contributed by atoms with Crippen LogP contribution >= 0.6 is 0 Å². The van der Waals surface area contributed by atoms with Crippen LogP contribution < -0.4 is 0 Å². The fourth-order valence-corrected chi connectivity index (χ4v) is 2.69. The first kappa shape index (κ1) is 13.7. The third kappa shape index (κ3) is 2.53. The molecule has 1 atom stereocenters. The number of hydrogen-bond donors (Lipinski definition) is 0. The maximum absolute atomic E-state index is 13.1. The first-order valence-electron chi connectivity index (χ1n) is 7.05. The maximum atomic E-state index is 13.1. The Bertz CT molecular complexity index is 665. The molecule has 0 radical (unpaired) electrons. The Kier molecular flexibility index (Phi) is 3.45. The molecule has 0 aliphatic carbocycles. The molecule has 0 N–H and O–H groups in total. The number of benzene rings is 1. The van der Waals surface area contributed by atoms with Crippen molar-refractivity contribution >= 4 is 5.91 Å². The number of amides is 1. The van der Waals surface area contributed by atoms with Crippen molar-refractivity contribution < 1.29 is 9.18 Å². The van der Waals surface area contributed by atoms with E-state index in [2.05, 4.69) is 10.1 Å². The zero-order valence-corrected chi connectivity index (χ0v) is 12.1. The van der Waals surface area contributed by atoms with Gasteiger partial charge in [0.2, 0.25) is 5.91 Å². The molecule has 1 aromatic carbocycles. The lowest BCUT2D eigenvalue weighted by Gasteiger charge is -2.23. The average molecular weight is 288 g/mol. The molecule has 0 unspecified atom stereocenters. The number of aromatic nitrogens is 3. The lowest BCUT2D eigenvalue weighted by Crippen LogP contribution is -2.29. The molecule has 2 aromatic rings. The van der Waals surface area contributed by atoms with Crippen LogP contribution in [0.3, 0.4) is 0 Å². The van der Waals surface area contributed by atoms with Crippen molar-refractivity contribution in [3.05, 3.63) is 41.7 Å². The molecule has 1 fully saturated rings. The van der Waals surface area contributed by atoms with Gasteiger partial charge in [0.15, 0.2) is 5.82 Å². The van der Waals surface area contributed by atoms with E-state index in [1.165, 1.54) is 12.1 Å².